The van der Waals surface area contributed by atoms with Crippen LogP contribution >= 0.6 is 35.3 Å². The summed E-state index contributed by atoms with van der Waals surface area (Å²) in [5, 5.41) is 2.03. The SMILES string of the molecule is c1ccc(Sc2cc(Sc3ccccc3)nc(Sc3ccccc3)c2)cc1. The number of pyridine rings is 1. The average molecular weight is 404 g/mol. The van der Waals surface area contributed by atoms with E-state index in [0.717, 1.165) is 10.1 Å². The summed E-state index contributed by atoms with van der Waals surface area (Å²) in [6.45, 7) is 0. The topological polar surface area (TPSA) is 12.9 Å². The lowest BCUT2D eigenvalue weighted by Gasteiger charge is -2.09. The molecule has 0 aliphatic carbocycles. The normalized spacial score (nSPS) is 10.7. The van der Waals surface area contributed by atoms with Gasteiger partial charge < -0.3 is 0 Å². The van der Waals surface area contributed by atoms with Crippen molar-refractivity contribution in [2.45, 2.75) is 29.6 Å². The van der Waals surface area contributed by atoms with Crippen LogP contribution in [0.1, 0.15) is 0 Å². The minimum Gasteiger partial charge on any atom is -0.234 e. The van der Waals surface area contributed by atoms with E-state index in [-0.39, 0.29) is 0 Å². The van der Waals surface area contributed by atoms with Gasteiger partial charge in [0, 0.05) is 19.6 Å². The Bertz CT molecular complexity index is 845. The van der Waals surface area contributed by atoms with Gasteiger partial charge in [0.15, 0.2) is 0 Å². The fourth-order valence-corrected chi connectivity index (χ4v) is 5.31. The Hall–Kier alpha value is -2.14. The number of aromatic nitrogens is 1. The van der Waals surface area contributed by atoms with Crippen LogP contribution in [0.15, 0.2) is 133 Å². The molecular weight excluding hydrogens is 386 g/mol. The molecule has 4 heteroatoms. The van der Waals surface area contributed by atoms with Gasteiger partial charge in [-0.05, 0) is 48.5 Å². The van der Waals surface area contributed by atoms with Crippen LogP contribution in [0.4, 0.5) is 0 Å². The molecule has 0 bridgehead atoms. The van der Waals surface area contributed by atoms with Gasteiger partial charge >= 0.3 is 0 Å². The summed E-state index contributed by atoms with van der Waals surface area (Å²) in [5.74, 6) is 0. The van der Waals surface area contributed by atoms with Crippen molar-refractivity contribution in [2.75, 3.05) is 0 Å². The van der Waals surface area contributed by atoms with Crippen molar-refractivity contribution in [3.8, 4) is 0 Å². The monoisotopic (exact) mass is 403 g/mol. The highest BCUT2D eigenvalue weighted by Crippen LogP contribution is 2.36. The molecule has 4 aromatic rings. The molecule has 27 heavy (non-hydrogen) atoms. The van der Waals surface area contributed by atoms with E-state index in [1.807, 2.05) is 18.2 Å². The molecule has 0 N–H and O–H groups in total. The Morgan fingerprint density at radius 2 is 0.778 bits per heavy atom. The lowest BCUT2D eigenvalue weighted by Crippen LogP contribution is -1.87. The first-order valence-corrected chi connectivity index (χ1v) is 11.0. The van der Waals surface area contributed by atoms with Crippen molar-refractivity contribution in [1.82, 2.24) is 4.98 Å². The van der Waals surface area contributed by atoms with Crippen molar-refractivity contribution in [3.05, 3.63) is 103 Å². The Morgan fingerprint density at radius 1 is 0.407 bits per heavy atom. The highest BCUT2D eigenvalue weighted by atomic mass is 32.2. The van der Waals surface area contributed by atoms with Crippen LogP contribution < -0.4 is 0 Å². The maximum Gasteiger partial charge on any atom is 0.103 e. The van der Waals surface area contributed by atoms with Crippen LogP contribution in [0.25, 0.3) is 0 Å². The molecule has 0 fully saturated rings. The third-order valence-corrected chi connectivity index (χ3v) is 6.49. The Morgan fingerprint density at radius 3 is 1.19 bits per heavy atom. The molecule has 4 rings (SSSR count). The van der Waals surface area contributed by atoms with Gasteiger partial charge in [-0.25, -0.2) is 4.98 Å². The van der Waals surface area contributed by atoms with Crippen molar-refractivity contribution in [2.24, 2.45) is 0 Å². The third-order valence-electron chi connectivity index (χ3n) is 3.66. The van der Waals surface area contributed by atoms with Crippen LogP contribution in [-0.4, -0.2) is 4.98 Å². The number of benzene rings is 3. The molecule has 0 aliphatic heterocycles. The molecule has 0 saturated carbocycles. The minimum atomic E-state index is 1.01. The van der Waals surface area contributed by atoms with E-state index in [2.05, 4.69) is 84.9 Å². The zero-order chi connectivity index (χ0) is 18.3. The molecule has 0 atom stereocenters. The second-order valence-electron chi connectivity index (χ2n) is 5.72. The van der Waals surface area contributed by atoms with Gasteiger partial charge in [0.25, 0.3) is 0 Å². The van der Waals surface area contributed by atoms with E-state index in [0.29, 0.717) is 0 Å². The lowest BCUT2D eigenvalue weighted by atomic mass is 10.4. The molecule has 1 heterocycles. The standard InChI is InChI=1S/C23H17NS3/c1-4-10-18(11-5-1)25-21-16-22(26-19-12-6-2-7-13-19)24-23(17-21)27-20-14-8-3-9-15-20/h1-17H. The Kier molecular flexibility index (Phi) is 6.20. The summed E-state index contributed by atoms with van der Waals surface area (Å²) in [6.07, 6.45) is 0. The first kappa shape index (κ1) is 18.2. The maximum atomic E-state index is 4.88. The van der Waals surface area contributed by atoms with Gasteiger partial charge in [-0.2, -0.15) is 0 Å². The predicted molar refractivity (Wildman–Crippen MR) is 116 cm³/mol. The largest absolute Gasteiger partial charge is 0.234 e. The van der Waals surface area contributed by atoms with E-state index in [9.17, 15) is 0 Å². The van der Waals surface area contributed by atoms with Crippen molar-refractivity contribution < 1.29 is 0 Å². The molecule has 132 valence electrons. The Labute approximate surface area is 172 Å². The highest BCUT2D eigenvalue weighted by molar-refractivity contribution is 8.00. The van der Waals surface area contributed by atoms with Gasteiger partial charge in [0.1, 0.15) is 10.1 Å². The molecule has 0 aliphatic rings. The summed E-state index contributed by atoms with van der Waals surface area (Å²) in [7, 11) is 0. The van der Waals surface area contributed by atoms with Crippen LogP contribution in [0.5, 0.6) is 0 Å². The average Bonchev–Trinajstić information content (AvgIpc) is 2.70. The van der Waals surface area contributed by atoms with E-state index < -0.39 is 0 Å². The molecule has 0 amide bonds. The lowest BCUT2D eigenvalue weighted by molar-refractivity contribution is 0.972. The van der Waals surface area contributed by atoms with Crippen molar-refractivity contribution in [1.29, 1.82) is 0 Å². The van der Waals surface area contributed by atoms with Gasteiger partial charge in [0.05, 0.1) is 0 Å². The van der Waals surface area contributed by atoms with Gasteiger partial charge in [-0.15, -0.1) is 0 Å². The molecule has 1 nitrogen and oxygen atoms in total. The maximum absolute atomic E-state index is 4.88. The van der Waals surface area contributed by atoms with Crippen LogP contribution in [0, 0.1) is 0 Å². The molecule has 0 radical (unpaired) electrons. The molecule has 3 aromatic carbocycles. The second-order valence-corrected chi connectivity index (χ2v) is 9.06. The first-order chi connectivity index (χ1) is 13.3. The number of nitrogens with zero attached hydrogens (tertiary/aromatic N) is 1. The summed E-state index contributed by atoms with van der Waals surface area (Å²) in [5.41, 5.74) is 0. The molecule has 0 saturated heterocycles. The molecule has 0 unspecified atom stereocenters. The fourth-order valence-electron chi connectivity index (χ4n) is 2.46. The van der Waals surface area contributed by atoms with Crippen LogP contribution in [0.3, 0.4) is 0 Å². The fraction of sp³-hybridized carbons (Fsp3) is 0. The molecular formula is C23H17NS3. The zero-order valence-corrected chi connectivity index (χ0v) is 16.9. The van der Waals surface area contributed by atoms with Gasteiger partial charge in [0.2, 0.25) is 0 Å². The van der Waals surface area contributed by atoms with Gasteiger partial charge in [-0.1, -0.05) is 89.9 Å². The van der Waals surface area contributed by atoms with E-state index in [4.69, 9.17) is 4.98 Å². The highest BCUT2D eigenvalue weighted by Gasteiger charge is 2.08. The summed E-state index contributed by atoms with van der Waals surface area (Å²) in [6, 6.07) is 35.6. The summed E-state index contributed by atoms with van der Waals surface area (Å²) >= 11 is 5.17. The van der Waals surface area contributed by atoms with Gasteiger partial charge in [-0.3, -0.25) is 0 Å². The van der Waals surface area contributed by atoms with E-state index in [1.165, 1.54) is 19.6 Å². The smallest absolute Gasteiger partial charge is 0.103 e. The Balaban J connectivity index is 1.64. The molecule has 1 aromatic heterocycles. The van der Waals surface area contributed by atoms with Crippen molar-refractivity contribution >= 4 is 35.3 Å². The van der Waals surface area contributed by atoms with Crippen LogP contribution in [0.2, 0.25) is 0 Å². The quantitative estimate of drug-likeness (QED) is 0.330. The van der Waals surface area contributed by atoms with Crippen LogP contribution in [-0.2, 0) is 0 Å². The van der Waals surface area contributed by atoms with Crippen molar-refractivity contribution in [3.63, 3.8) is 0 Å². The summed E-state index contributed by atoms with van der Waals surface area (Å²) in [4.78, 5) is 9.71. The first-order valence-electron chi connectivity index (χ1n) is 8.56. The number of hydrogen-bond donors (Lipinski definition) is 0. The second kappa shape index (κ2) is 9.18. The molecule has 0 spiro atoms. The summed E-state index contributed by atoms with van der Waals surface area (Å²) < 4.78 is 0. The van der Waals surface area contributed by atoms with E-state index in [1.54, 1.807) is 35.3 Å². The third kappa shape index (κ3) is 5.42. The minimum absolute atomic E-state index is 1.01. The van der Waals surface area contributed by atoms with E-state index >= 15 is 0 Å². The number of hydrogen-bond acceptors (Lipinski definition) is 4. The zero-order valence-electron chi connectivity index (χ0n) is 14.5. The predicted octanol–water partition coefficient (Wildman–Crippen LogP) is 7.54. The number of rotatable bonds is 6.